The van der Waals surface area contributed by atoms with Gasteiger partial charge in [-0.15, -0.1) is 0 Å². The number of ether oxygens (including phenoxy) is 2. The first-order valence-electron chi connectivity index (χ1n) is 11.3. The number of amides is 3. The SMILES string of the molecule is COc1cc(/C=C2\SC(=S)N(NC(=O)c3ccc(C)cc3Cl)C2=O)ccc1OCC(=O)Nc1ccccc1. The zero-order valence-electron chi connectivity index (χ0n) is 20.3. The van der Waals surface area contributed by atoms with Crippen molar-refractivity contribution in [2.45, 2.75) is 6.92 Å². The number of hydrogen-bond donors (Lipinski definition) is 2. The second-order valence-electron chi connectivity index (χ2n) is 8.05. The van der Waals surface area contributed by atoms with Gasteiger partial charge in [0.25, 0.3) is 17.7 Å². The second kappa shape index (κ2) is 12.1. The number of hydrogen-bond acceptors (Lipinski definition) is 7. The molecule has 3 amide bonds. The van der Waals surface area contributed by atoms with Crippen LogP contribution >= 0.6 is 35.6 Å². The third-order valence-corrected chi connectivity index (χ3v) is 6.89. The molecule has 0 unspecified atom stereocenters. The Morgan fingerprint density at radius 2 is 1.84 bits per heavy atom. The van der Waals surface area contributed by atoms with Crippen molar-refractivity contribution in [2.24, 2.45) is 0 Å². The van der Waals surface area contributed by atoms with E-state index in [9.17, 15) is 14.4 Å². The smallest absolute Gasteiger partial charge is 0.285 e. The van der Waals surface area contributed by atoms with Gasteiger partial charge in [0.2, 0.25) is 0 Å². The van der Waals surface area contributed by atoms with E-state index in [1.807, 2.05) is 25.1 Å². The fourth-order valence-electron chi connectivity index (χ4n) is 3.44. The lowest BCUT2D eigenvalue weighted by Gasteiger charge is -2.16. The van der Waals surface area contributed by atoms with Crippen molar-refractivity contribution in [1.29, 1.82) is 0 Å². The molecule has 0 radical (unpaired) electrons. The summed E-state index contributed by atoms with van der Waals surface area (Å²) in [4.78, 5) is 38.2. The molecular formula is C27H22ClN3O5S2. The van der Waals surface area contributed by atoms with Crippen LogP contribution in [0.15, 0.2) is 71.6 Å². The molecule has 0 aromatic heterocycles. The molecule has 194 valence electrons. The topological polar surface area (TPSA) is 97.0 Å². The maximum absolute atomic E-state index is 13.0. The molecule has 11 heteroatoms. The summed E-state index contributed by atoms with van der Waals surface area (Å²) in [6.07, 6.45) is 1.62. The lowest BCUT2D eigenvalue weighted by atomic mass is 10.1. The third kappa shape index (κ3) is 6.52. The van der Waals surface area contributed by atoms with Gasteiger partial charge in [-0.25, -0.2) is 0 Å². The highest BCUT2D eigenvalue weighted by Crippen LogP contribution is 2.34. The number of hydrazine groups is 1. The molecule has 1 aliphatic heterocycles. The molecule has 0 atom stereocenters. The molecule has 0 saturated carbocycles. The van der Waals surface area contributed by atoms with Crippen LogP contribution in [0.3, 0.4) is 0 Å². The van der Waals surface area contributed by atoms with Gasteiger partial charge in [0.05, 0.1) is 22.6 Å². The summed E-state index contributed by atoms with van der Waals surface area (Å²) in [5.74, 6) is -0.604. The van der Waals surface area contributed by atoms with Crippen LogP contribution in [-0.4, -0.2) is 40.8 Å². The molecule has 0 spiro atoms. The van der Waals surface area contributed by atoms with Crippen LogP contribution in [0.25, 0.3) is 6.08 Å². The van der Waals surface area contributed by atoms with Gasteiger partial charge in [0, 0.05) is 5.69 Å². The van der Waals surface area contributed by atoms with E-state index in [4.69, 9.17) is 33.3 Å². The summed E-state index contributed by atoms with van der Waals surface area (Å²) in [5, 5.41) is 4.03. The molecule has 0 aliphatic carbocycles. The number of nitrogens with one attached hydrogen (secondary N) is 2. The Kier molecular flexibility index (Phi) is 8.67. The van der Waals surface area contributed by atoms with Gasteiger partial charge in [-0.1, -0.05) is 53.7 Å². The minimum absolute atomic E-state index is 0.175. The number of thiocarbonyl (C=S) groups is 1. The summed E-state index contributed by atoms with van der Waals surface area (Å²) in [5.41, 5.74) is 4.96. The predicted octanol–water partition coefficient (Wildman–Crippen LogP) is 5.22. The first-order valence-corrected chi connectivity index (χ1v) is 12.9. The summed E-state index contributed by atoms with van der Waals surface area (Å²) in [6.45, 7) is 1.64. The van der Waals surface area contributed by atoms with E-state index in [-0.39, 0.29) is 27.4 Å². The van der Waals surface area contributed by atoms with Crippen molar-refractivity contribution in [2.75, 3.05) is 19.0 Å². The lowest BCUT2D eigenvalue weighted by molar-refractivity contribution is -0.123. The Bertz CT molecular complexity index is 1450. The third-order valence-electron chi connectivity index (χ3n) is 5.28. The number of carbonyl (C=O) groups excluding carboxylic acids is 3. The Balaban J connectivity index is 1.42. The molecule has 3 aromatic rings. The highest BCUT2D eigenvalue weighted by atomic mass is 35.5. The van der Waals surface area contributed by atoms with Crippen LogP contribution in [-0.2, 0) is 9.59 Å². The number of aryl methyl sites for hydroxylation is 1. The number of methoxy groups -OCH3 is 1. The maximum atomic E-state index is 13.0. The molecule has 2 N–H and O–H groups in total. The minimum Gasteiger partial charge on any atom is -0.493 e. The minimum atomic E-state index is -0.549. The molecule has 1 saturated heterocycles. The molecule has 0 bridgehead atoms. The Hall–Kier alpha value is -3.86. The maximum Gasteiger partial charge on any atom is 0.285 e. The van der Waals surface area contributed by atoms with Crippen molar-refractivity contribution in [3.8, 4) is 11.5 Å². The molecule has 4 rings (SSSR count). The van der Waals surface area contributed by atoms with Crippen molar-refractivity contribution in [3.63, 3.8) is 0 Å². The number of anilines is 1. The molecule has 38 heavy (non-hydrogen) atoms. The zero-order valence-corrected chi connectivity index (χ0v) is 22.7. The Morgan fingerprint density at radius 3 is 2.55 bits per heavy atom. The van der Waals surface area contributed by atoms with Gasteiger partial charge in [-0.05, 0) is 72.7 Å². The molecule has 1 aliphatic rings. The summed E-state index contributed by atoms with van der Waals surface area (Å²) in [6, 6.07) is 19.1. The van der Waals surface area contributed by atoms with E-state index >= 15 is 0 Å². The quantitative estimate of drug-likeness (QED) is 0.284. The van der Waals surface area contributed by atoms with Crippen LogP contribution in [0.2, 0.25) is 5.02 Å². The van der Waals surface area contributed by atoms with Crippen molar-refractivity contribution in [3.05, 3.63) is 93.3 Å². The van der Waals surface area contributed by atoms with E-state index in [1.54, 1.807) is 54.6 Å². The highest BCUT2D eigenvalue weighted by Gasteiger charge is 2.34. The van der Waals surface area contributed by atoms with Crippen molar-refractivity contribution in [1.82, 2.24) is 10.4 Å². The molecule has 1 fully saturated rings. The normalized spacial score (nSPS) is 14.0. The van der Waals surface area contributed by atoms with E-state index in [0.717, 1.165) is 22.3 Å². The predicted molar refractivity (Wildman–Crippen MR) is 152 cm³/mol. The number of halogens is 1. The van der Waals surface area contributed by atoms with E-state index in [0.29, 0.717) is 27.7 Å². The first kappa shape index (κ1) is 27.2. The molecule has 8 nitrogen and oxygen atoms in total. The Morgan fingerprint density at radius 1 is 1.08 bits per heavy atom. The van der Waals surface area contributed by atoms with Gasteiger partial charge in [0.15, 0.2) is 22.4 Å². The zero-order chi connectivity index (χ0) is 27.2. The fraction of sp³-hybridized carbons (Fsp3) is 0.111. The van der Waals surface area contributed by atoms with E-state index < -0.39 is 11.8 Å². The first-order chi connectivity index (χ1) is 18.2. The average Bonchev–Trinajstić information content (AvgIpc) is 3.15. The van der Waals surface area contributed by atoms with Crippen LogP contribution < -0.4 is 20.2 Å². The monoisotopic (exact) mass is 567 g/mol. The van der Waals surface area contributed by atoms with E-state index in [1.165, 1.54) is 7.11 Å². The molecule has 3 aromatic carbocycles. The standard InChI is InChI=1S/C27H22ClN3O5S2/c1-16-8-10-19(20(28)12-16)25(33)30-31-26(34)23(38-27(31)37)14-17-9-11-21(22(13-17)35-2)36-15-24(32)29-18-6-4-3-5-7-18/h3-14H,15H2,1-2H3,(H,29,32)(H,30,33)/b23-14-. The molecule has 1 heterocycles. The average molecular weight is 568 g/mol. The van der Waals surface area contributed by atoms with Gasteiger partial charge in [0.1, 0.15) is 0 Å². The second-order valence-corrected chi connectivity index (χ2v) is 10.1. The highest BCUT2D eigenvalue weighted by molar-refractivity contribution is 8.26. The molecular weight excluding hydrogens is 546 g/mol. The van der Waals surface area contributed by atoms with E-state index in [2.05, 4.69) is 10.7 Å². The number of carbonyl (C=O) groups is 3. The van der Waals surface area contributed by atoms with Crippen molar-refractivity contribution < 1.29 is 23.9 Å². The van der Waals surface area contributed by atoms with Crippen molar-refractivity contribution >= 4 is 69.4 Å². The van der Waals surface area contributed by atoms with Crippen LogP contribution in [0.1, 0.15) is 21.5 Å². The largest absolute Gasteiger partial charge is 0.493 e. The van der Waals surface area contributed by atoms with Gasteiger partial charge in [-0.3, -0.25) is 19.8 Å². The van der Waals surface area contributed by atoms with Crippen LogP contribution in [0.5, 0.6) is 11.5 Å². The number of thioether (sulfide) groups is 1. The number of nitrogens with zero attached hydrogens (tertiary/aromatic N) is 1. The van der Waals surface area contributed by atoms with Crippen LogP contribution in [0.4, 0.5) is 5.69 Å². The summed E-state index contributed by atoms with van der Waals surface area (Å²) < 4.78 is 11.2. The van der Waals surface area contributed by atoms with Crippen LogP contribution in [0, 0.1) is 6.92 Å². The lowest BCUT2D eigenvalue weighted by Crippen LogP contribution is -2.44. The summed E-state index contributed by atoms with van der Waals surface area (Å²) in [7, 11) is 1.47. The summed E-state index contributed by atoms with van der Waals surface area (Å²) >= 11 is 12.5. The van der Waals surface area contributed by atoms with Gasteiger partial charge >= 0.3 is 0 Å². The number of rotatable bonds is 8. The fourth-order valence-corrected chi connectivity index (χ4v) is 4.94. The van der Waals surface area contributed by atoms with Gasteiger partial charge in [-0.2, -0.15) is 5.01 Å². The number of benzene rings is 3. The Labute approximate surface area is 233 Å². The number of para-hydroxylation sites is 1. The van der Waals surface area contributed by atoms with Gasteiger partial charge < -0.3 is 14.8 Å².